The van der Waals surface area contributed by atoms with E-state index in [1.807, 2.05) is 25.1 Å². The number of hydrogen-bond donors (Lipinski definition) is 1. The average Bonchev–Trinajstić information content (AvgIpc) is 2.65. The van der Waals surface area contributed by atoms with Crippen LogP contribution in [0.4, 0.5) is 0 Å². The van der Waals surface area contributed by atoms with Crippen molar-refractivity contribution >= 4 is 5.91 Å². The van der Waals surface area contributed by atoms with E-state index < -0.39 is 0 Å². The molecule has 1 aliphatic heterocycles. The van der Waals surface area contributed by atoms with Gasteiger partial charge in [0.15, 0.2) is 0 Å². The Kier molecular flexibility index (Phi) is 6.07. The maximum atomic E-state index is 12.8. The molecule has 138 valence electrons. The van der Waals surface area contributed by atoms with Gasteiger partial charge in [0.05, 0.1) is 19.3 Å². The first-order valence-electron chi connectivity index (χ1n) is 9.28. The van der Waals surface area contributed by atoms with E-state index in [2.05, 4.69) is 48.3 Å². The zero-order chi connectivity index (χ0) is 18.5. The second-order valence-corrected chi connectivity index (χ2v) is 7.15. The molecule has 1 heterocycles. The van der Waals surface area contributed by atoms with Crippen molar-refractivity contribution in [3.05, 3.63) is 70.3 Å². The standard InChI is InChI=1S/C22H28N2O2/c1-16-4-7-19(8-5-16)21(15-24-10-12-26-13-11-24)23-22(25)20-9-6-17(2)18(3)14-20/h4-9,14,21H,10-13,15H2,1-3H3,(H,23,25)/t21-/m1/s1. The van der Waals surface area contributed by atoms with Gasteiger partial charge in [0.1, 0.15) is 0 Å². The molecule has 3 rings (SSSR count). The molecule has 0 saturated carbocycles. The van der Waals surface area contributed by atoms with Crippen molar-refractivity contribution in [2.45, 2.75) is 26.8 Å². The van der Waals surface area contributed by atoms with Gasteiger partial charge in [0.2, 0.25) is 0 Å². The Bertz CT molecular complexity index is 749. The molecule has 1 amide bonds. The summed E-state index contributed by atoms with van der Waals surface area (Å²) in [6.45, 7) is 10.3. The zero-order valence-corrected chi connectivity index (χ0v) is 15.9. The fourth-order valence-corrected chi connectivity index (χ4v) is 3.20. The summed E-state index contributed by atoms with van der Waals surface area (Å²) in [4.78, 5) is 15.2. The number of nitrogens with one attached hydrogen (secondary N) is 1. The van der Waals surface area contributed by atoms with Gasteiger partial charge in [-0.15, -0.1) is 0 Å². The lowest BCUT2D eigenvalue weighted by Crippen LogP contribution is -2.43. The minimum absolute atomic E-state index is 0.0214. The van der Waals surface area contributed by atoms with Crippen LogP contribution in [0.15, 0.2) is 42.5 Å². The molecule has 0 radical (unpaired) electrons. The highest BCUT2D eigenvalue weighted by atomic mass is 16.5. The molecule has 0 unspecified atom stereocenters. The van der Waals surface area contributed by atoms with Crippen molar-refractivity contribution in [2.75, 3.05) is 32.8 Å². The molecular weight excluding hydrogens is 324 g/mol. The van der Waals surface area contributed by atoms with Crippen molar-refractivity contribution < 1.29 is 9.53 Å². The van der Waals surface area contributed by atoms with Gasteiger partial charge in [0.25, 0.3) is 5.91 Å². The predicted octanol–water partition coefficient (Wildman–Crippen LogP) is 3.42. The molecule has 1 saturated heterocycles. The van der Waals surface area contributed by atoms with Crippen LogP contribution in [0.1, 0.15) is 38.7 Å². The van der Waals surface area contributed by atoms with Gasteiger partial charge in [-0.2, -0.15) is 0 Å². The van der Waals surface area contributed by atoms with Gasteiger partial charge >= 0.3 is 0 Å². The van der Waals surface area contributed by atoms with E-state index in [0.717, 1.165) is 44.0 Å². The summed E-state index contributed by atoms with van der Waals surface area (Å²) in [6, 6.07) is 14.3. The minimum atomic E-state index is -0.0391. The highest BCUT2D eigenvalue weighted by Gasteiger charge is 2.21. The van der Waals surface area contributed by atoms with Gasteiger partial charge in [-0.25, -0.2) is 0 Å². The Morgan fingerprint density at radius 1 is 1.04 bits per heavy atom. The fraction of sp³-hybridized carbons (Fsp3) is 0.409. The lowest BCUT2D eigenvalue weighted by Gasteiger charge is -2.31. The van der Waals surface area contributed by atoms with E-state index in [1.165, 1.54) is 11.1 Å². The van der Waals surface area contributed by atoms with Gasteiger partial charge in [-0.05, 0) is 49.6 Å². The van der Waals surface area contributed by atoms with E-state index in [0.29, 0.717) is 5.56 Å². The van der Waals surface area contributed by atoms with Crippen LogP contribution in [0.2, 0.25) is 0 Å². The zero-order valence-electron chi connectivity index (χ0n) is 15.9. The minimum Gasteiger partial charge on any atom is -0.379 e. The lowest BCUT2D eigenvalue weighted by atomic mass is 10.0. The SMILES string of the molecule is Cc1ccc([C@@H](CN2CCOCC2)NC(=O)c2ccc(C)c(C)c2)cc1. The van der Waals surface area contributed by atoms with Crippen LogP contribution in [-0.2, 0) is 4.74 Å². The van der Waals surface area contributed by atoms with Gasteiger partial charge in [-0.1, -0.05) is 35.9 Å². The van der Waals surface area contributed by atoms with Gasteiger partial charge in [0, 0.05) is 25.2 Å². The van der Waals surface area contributed by atoms with E-state index in [9.17, 15) is 4.79 Å². The van der Waals surface area contributed by atoms with Crippen molar-refractivity contribution in [3.8, 4) is 0 Å². The summed E-state index contributed by atoms with van der Waals surface area (Å²) in [6.07, 6.45) is 0. The molecule has 0 spiro atoms. The Labute approximate surface area is 156 Å². The highest BCUT2D eigenvalue weighted by molar-refractivity contribution is 5.94. The number of aryl methyl sites for hydroxylation is 3. The molecule has 2 aromatic carbocycles. The Balaban J connectivity index is 1.78. The second kappa shape index (κ2) is 8.47. The van der Waals surface area contributed by atoms with Crippen molar-refractivity contribution in [1.29, 1.82) is 0 Å². The van der Waals surface area contributed by atoms with Gasteiger partial charge in [-0.3, -0.25) is 9.69 Å². The number of nitrogens with zero attached hydrogens (tertiary/aromatic N) is 1. The Hall–Kier alpha value is -2.17. The summed E-state index contributed by atoms with van der Waals surface area (Å²) in [5.41, 5.74) is 5.41. The third-order valence-corrected chi connectivity index (χ3v) is 5.10. The third-order valence-electron chi connectivity index (χ3n) is 5.10. The van der Waals surface area contributed by atoms with Gasteiger partial charge < -0.3 is 10.1 Å². The van der Waals surface area contributed by atoms with Crippen LogP contribution in [0.3, 0.4) is 0 Å². The molecule has 0 aromatic heterocycles. The lowest BCUT2D eigenvalue weighted by molar-refractivity contribution is 0.0332. The number of rotatable bonds is 5. The maximum Gasteiger partial charge on any atom is 0.251 e. The second-order valence-electron chi connectivity index (χ2n) is 7.15. The summed E-state index contributed by atoms with van der Waals surface area (Å²) < 4.78 is 5.45. The van der Waals surface area contributed by atoms with Crippen molar-refractivity contribution in [1.82, 2.24) is 10.2 Å². The number of ether oxygens (including phenoxy) is 1. The molecule has 1 aliphatic rings. The quantitative estimate of drug-likeness (QED) is 0.896. The molecule has 4 nitrogen and oxygen atoms in total. The molecular formula is C22H28N2O2. The van der Waals surface area contributed by atoms with Crippen LogP contribution in [0.25, 0.3) is 0 Å². The summed E-state index contributed by atoms with van der Waals surface area (Å²) in [5.74, 6) is -0.0214. The normalized spacial score (nSPS) is 16.3. The molecule has 1 fully saturated rings. The maximum absolute atomic E-state index is 12.8. The van der Waals surface area contributed by atoms with E-state index in [4.69, 9.17) is 4.74 Å². The molecule has 26 heavy (non-hydrogen) atoms. The van der Waals surface area contributed by atoms with Crippen LogP contribution in [-0.4, -0.2) is 43.7 Å². The number of benzene rings is 2. The highest BCUT2D eigenvalue weighted by Crippen LogP contribution is 2.18. The van der Waals surface area contributed by atoms with Crippen molar-refractivity contribution in [2.24, 2.45) is 0 Å². The first-order valence-corrected chi connectivity index (χ1v) is 9.28. The average molecular weight is 352 g/mol. The predicted molar refractivity (Wildman–Crippen MR) is 105 cm³/mol. The molecule has 4 heteroatoms. The first kappa shape index (κ1) is 18.6. The number of carbonyl (C=O) groups excluding carboxylic acids is 1. The van der Waals surface area contributed by atoms with E-state index in [1.54, 1.807) is 0 Å². The molecule has 2 aromatic rings. The molecule has 1 atom stereocenters. The number of morpholine rings is 1. The number of carbonyl (C=O) groups is 1. The Morgan fingerprint density at radius 2 is 1.73 bits per heavy atom. The number of hydrogen-bond acceptors (Lipinski definition) is 3. The summed E-state index contributed by atoms with van der Waals surface area (Å²) in [5, 5.41) is 3.24. The van der Waals surface area contributed by atoms with Crippen LogP contribution in [0, 0.1) is 20.8 Å². The monoisotopic (exact) mass is 352 g/mol. The summed E-state index contributed by atoms with van der Waals surface area (Å²) >= 11 is 0. The smallest absolute Gasteiger partial charge is 0.251 e. The fourth-order valence-electron chi connectivity index (χ4n) is 3.20. The van der Waals surface area contributed by atoms with E-state index >= 15 is 0 Å². The van der Waals surface area contributed by atoms with Crippen molar-refractivity contribution in [3.63, 3.8) is 0 Å². The van der Waals surface area contributed by atoms with Crippen LogP contribution < -0.4 is 5.32 Å². The first-order chi connectivity index (χ1) is 12.5. The summed E-state index contributed by atoms with van der Waals surface area (Å²) in [7, 11) is 0. The van der Waals surface area contributed by atoms with Crippen LogP contribution in [0.5, 0.6) is 0 Å². The molecule has 1 N–H and O–H groups in total. The van der Waals surface area contributed by atoms with E-state index in [-0.39, 0.29) is 11.9 Å². The number of amides is 1. The third kappa shape index (κ3) is 4.71. The molecule has 0 bridgehead atoms. The molecule has 0 aliphatic carbocycles. The Morgan fingerprint density at radius 3 is 2.38 bits per heavy atom. The van der Waals surface area contributed by atoms with Crippen LogP contribution >= 0.6 is 0 Å². The topological polar surface area (TPSA) is 41.6 Å². The largest absolute Gasteiger partial charge is 0.379 e.